The summed E-state index contributed by atoms with van der Waals surface area (Å²) >= 11 is 0. The smallest absolute Gasteiger partial charge is 0.550 e. The maximum absolute atomic E-state index is 13.8. The number of hydrogen-bond acceptors (Lipinski definition) is 8. The fourth-order valence-electron chi connectivity index (χ4n) is 5.06. The number of anilines is 2. The van der Waals surface area contributed by atoms with Crippen molar-refractivity contribution in [1.29, 1.82) is 0 Å². The van der Waals surface area contributed by atoms with Crippen molar-refractivity contribution in [3.05, 3.63) is 87.7 Å². The van der Waals surface area contributed by atoms with Crippen molar-refractivity contribution in [2.24, 2.45) is 11.4 Å². The van der Waals surface area contributed by atoms with Gasteiger partial charge in [0, 0.05) is 48.2 Å². The number of fused-ring (bicyclic) bond motifs is 3. The summed E-state index contributed by atoms with van der Waals surface area (Å²) < 4.78 is 31.5. The van der Waals surface area contributed by atoms with Gasteiger partial charge in [0.15, 0.2) is 11.6 Å². The van der Waals surface area contributed by atoms with Crippen LogP contribution in [0.2, 0.25) is 0 Å². The second kappa shape index (κ2) is 9.76. The zero-order valence-electron chi connectivity index (χ0n) is 20.9. The van der Waals surface area contributed by atoms with Gasteiger partial charge in [0.1, 0.15) is 4.90 Å². The van der Waals surface area contributed by atoms with Gasteiger partial charge in [-0.25, -0.2) is 0 Å². The summed E-state index contributed by atoms with van der Waals surface area (Å²) in [6, 6.07) is 16.3. The zero-order chi connectivity index (χ0) is 26.8. The maximum Gasteiger partial charge on any atom is 1.00 e. The zero-order valence-corrected chi connectivity index (χ0v) is 23.8. The molecule has 1 aromatic heterocycles. The molecule has 0 fully saturated rings. The summed E-state index contributed by atoms with van der Waals surface area (Å²) in [7, 11) is -2.58. The molecule has 0 saturated heterocycles. The van der Waals surface area contributed by atoms with E-state index < -0.39 is 21.6 Å². The number of carboxylic acids is 1. The number of sulfonamides is 1. The van der Waals surface area contributed by atoms with E-state index >= 15 is 0 Å². The van der Waals surface area contributed by atoms with Crippen LogP contribution in [-0.4, -0.2) is 37.1 Å². The summed E-state index contributed by atoms with van der Waals surface area (Å²) in [6.07, 6.45) is -0.272. The van der Waals surface area contributed by atoms with E-state index in [1.807, 2.05) is 0 Å². The van der Waals surface area contributed by atoms with Crippen molar-refractivity contribution in [2.75, 3.05) is 17.2 Å². The van der Waals surface area contributed by atoms with E-state index in [1.165, 1.54) is 17.7 Å². The van der Waals surface area contributed by atoms with Crippen molar-refractivity contribution in [3.63, 3.8) is 0 Å². The average Bonchev–Trinajstić information content (AvgIpc) is 2.89. The Kier molecular flexibility index (Phi) is 6.71. The van der Waals surface area contributed by atoms with Crippen LogP contribution >= 0.6 is 0 Å². The average molecular weight is 551 g/mol. The minimum Gasteiger partial charge on any atom is -0.550 e. The molecule has 1 aliphatic heterocycles. The molecule has 190 valence electrons. The third-order valence-corrected chi connectivity index (χ3v) is 8.08. The van der Waals surface area contributed by atoms with E-state index in [-0.39, 0.29) is 75.9 Å². The summed E-state index contributed by atoms with van der Waals surface area (Å²) in [5, 5.41) is 17.4. The summed E-state index contributed by atoms with van der Waals surface area (Å²) in [4.78, 5) is 38.5. The summed E-state index contributed by atoms with van der Waals surface area (Å²) in [5.74, 6) is -1.70. The first kappa shape index (κ1) is 26.8. The van der Waals surface area contributed by atoms with Gasteiger partial charge in [-0.05, 0) is 29.8 Å². The van der Waals surface area contributed by atoms with Gasteiger partial charge in [0.25, 0.3) is 15.6 Å². The van der Waals surface area contributed by atoms with Crippen LogP contribution in [-0.2, 0) is 21.9 Å². The standard InChI is InChI=1S/C27H20N4O6S.Na/c1-31-18-11-10-17(28-13-12-20(32)33)22-23(18)21(14-6-2-3-7-15(14)25(22)34)24(27(31)35)26-29-16-8-4-5-9-19(16)38(36,37)30-26;/h2-11,28H,12-13H2,1H3,(H,29,30)(H,32,33);/q;+1/p-1. The second-order valence-corrected chi connectivity index (χ2v) is 10.5. The van der Waals surface area contributed by atoms with E-state index in [2.05, 4.69) is 15.0 Å². The number of carbonyl (C=O) groups is 2. The Labute approximate surface area is 244 Å². The molecule has 4 aromatic rings. The van der Waals surface area contributed by atoms with Crippen LogP contribution in [0.4, 0.5) is 11.4 Å². The van der Waals surface area contributed by atoms with Gasteiger partial charge in [-0.3, -0.25) is 9.59 Å². The number of nitrogens with one attached hydrogen (secondary N) is 2. The number of amidine groups is 1. The van der Waals surface area contributed by atoms with Crippen molar-refractivity contribution < 1.29 is 52.7 Å². The number of pyridine rings is 1. The molecule has 39 heavy (non-hydrogen) atoms. The monoisotopic (exact) mass is 550 g/mol. The van der Waals surface area contributed by atoms with Crippen LogP contribution in [0.25, 0.3) is 22.0 Å². The van der Waals surface area contributed by atoms with Crippen molar-refractivity contribution >= 4 is 49.9 Å². The van der Waals surface area contributed by atoms with Gasteiger partial charge in [-0.1, -0.05) is 36.4 Å². The van der Waals surface area contributed by atoms with Gasteiger partial charge >= 0.3 is 29.6 Å². The van der Waals surface area contributed by atoms with Gasteiger partial charge < -0.3 is 25.1 Å². The predicted molar refractivity (Wildman–Crippen MR) is 140 cm³/mol. The molecule has 0 spiro atoms. The molecule has 0 saturated carbocycles. The Bertz CT molecular complexity index is 1930. The molecule has 0 bridgehead atoms. The predicted octanol–water partition coefficient (Wildman–Crippen LogP) is -1.13. The van der Waals surface area contributed by atoms with E-state index in [4.69, 9.17) is 0 Å². The Morgan fingerprint density at radius 3 is 2.41 bits per heavy atom. The molecule has 1 aliphatic carbocycles. The molecule has 0 unspecified atom stereocenters. The first-order valence-corrected chi connectivity index (χ1v) is 13.1. The first-order valence-electron chi connectivity index (χ1n) is 11.7. The topological polar surface area (TPSA) is 150 Å². The quantitative estimate of drug-likeness (QED) is 0.261. The number of nitrogens with zero attached hydrogens (tertiary/aromatic N) is 2. The minimum absolute atomic E-state index is 0. The molecule has 10 nitrogen and oxygen atoms in total. The number of aliphatic carboxylic acids is 1. The Morgan fingerprint density at radius 2 is 1.67 bits per heavy atom. The third kappa shape index (κ3) is 4.18. The molecular weight excluding hydrogens is 531 g/mol. The van der Waals surface area contributed by atoms with Crippen molar-refractivity contribution in [1.82, 2.24) is 4.57 Å². The number of rotatable bonds is 5. The van der Waals surface area contributed by atoms with Gasteiger partial charge in [0.2, 0.25) is 0 Å². The van der Waals surface area contributed by atoms with E-state index in [1.54, 1.807) is 54.6 Å². The minimum atomic E-state index is -4.12. The molecule has 12 heteroatoms. The Morgan fingerprint density at radius 1 is 0.974 bits per heavy atom. The number of carbonyl (C=O) groups excluding carboxylic acids is 2. The molecule has 6 rings (SSSR count). The fourth-order valence-corrected chi connectivity index (χ4v) is 6.18. The molecule has 2 aliphatic rings. The van der Waals surface area contributed by atoms with Crippen LogP contribution in [0.5, 0.6) is 0 Å². The number of aryl methyl sites for hydroxylation is 1. The van der Waals surface area contributed by atoms with Gasteiger partial charge in [-0.15, -0.1) is 4.40 Å². The van der Waals surface area contributed by atoms with Crippen LogP contribution < -0.4 is 50.9 Å². The van der Waals surface area contributed by atoms with Crippen LogP contribution in [0.3, 0.4) is 0 Å². The Hall–Kier alpha value is -3.77. The van der Waals surface area contributed by atoms with Crippen LogP contribution in [0.1, 0.15) is 27.9 Å². The SMILES string of the molecule is Cn1c(=O)c(C2=NS(=O)(=O)c3ccccc3N2)c2c3c(c(NCCC(=O)[O-])ccc31)C(=O)c1ccccc1-2.[Na+]. The van der Waals surface area contributed by atoms with Gasteiger partial charge in [-0.2, -0.15) is 8.42 Å². The molecule has 0 radical (unpaired) electrons. The summed E-state index contributed by atoms with van der Waals surface area (Å²) in [5.41, 5.74) is 2.05. The molecule has 3 aromatic carbocycles. The van der Waals surface area contributed by atoms with Gasteiger partial charge in [0.05, 0.1) is 22.3 Å². The Balaban J connectivity index is 0.00000308. The van der Waals surface area contributed by atoms with Crippen molar-refractivity contribution in [3.8, 4) is 11.1 Å². The number of hydrogen-bond donors (Lipinski definition) is 2. The number of aromatic nitrogens is 1. The first-order chi connectivity index (χ1) is 18.2. The number of carboxylic acid groups (broad SMARTS) is 1. The van der Waals surface area contributed by atoms with Crippen molar-refractivity contribution in [2.45, 2.75) is 11.3 Å². The molecule has 0 amide bonds. The maximum atomic E-state index is 13.8. The van der Waals surface area contributed by atoms with E-state index in [9.17, 15) is 27.9 Å². The summed E-state index contributed by atoms with van der Waals surface area (Å²) in [6.45, 7) is 0.0208. The number of benzene rings is 3. The van der Waals surface area contributed by atoms with Crippen LogP contribution in [0.15, 0.2) is 74.8 Å². The number of para-hydroxylation sites is 1. The fraction of sp³-hybridized carbons (Fsp3) is 0.111. The molecular formula is C27H19N4NaO6S. The largest absolute Gasteiger partial charge is 1.00 e. The molecule has 0 atom stereocenters. The molecule has 2 heterocycles. The third-order valence-electron chi connectivity index (χ3n) is 6.74. The van der Waals surface area contributed by atoms with E-state index in [0.717, 1.165) is 0 Å². The van der Waals surface area contributed by atoms with E-state index in [0.29, 0.717) is 33.3 Å². The molecule has 2 N–H and O–H groups in total. The number of ketones is 1. The van der Waals surface area contributed by atoms with Crippen LogP contribution in [0, 0.1) is 0 Å². The normalized spacial score (nSPS) is 14.4. The second-order valence-electron chi connectivity index (χ2n) is 8.96.